The Morgan fingerprint density at radius 1 is 1.31 bits per heavy atom. The third-order valence-electron chi connectivity index (χ3n) is 2.44. The van der Waals surface area contributed by atoms with Crippen LogP contribution in [0.15, 0.2) is 24.3 Å². The van der Waals surface area contributed by atoms with E-state index in [1.165, 1.54) is 0 Å². The Morgan fingerprint density at radius 2 is 1.94 bits per heavy atom. The zero-order chi connectivity index (χ0) is 12.0. The van der Waals surface area contributed by atoms with E-state index >= 15 is 0 Å². The van der Waals surface area contributed by atoms with Gasteiger partial charge in [0.05, 0.1) is 10.7 Å². The van der Waals surface area contributed by atoms with Crippen LogP contribution in [0.2, 0.25) is 5.02 Å². The maximum absolute atomic E-state index is 6.02. The van der Waals surface area contributed by atoms with Crippen LogP contribution in [0.1, 0.15) is 26.7 Å². The van der Waals surface area contributed by atoms with Crippen molar-refractivity contribution < 1.29 is 0 Å². The molecule has 2 N–H and O–H groups in total. The van der Waals surface area contributed by atoms with Crippen molar-refractivity contribution in [1.82, 2.24) is 5.32 Å². The van der Waals surface area contributed by atoms with Crippen molar-refractivity contribution in [2.75, 3.05) is 5.32 Å². The lowest BCUT2D eigenvalue weighted by Gasteiger charge is -2.18. The van der Waals surface area contributed by atoms with Crippen molar-refractivity contribution in [1.29, 1.82) is 0 Å². The van der Waals surface area contributed by atoms with Crippen molar-refractivity contribution in [3.05, 3.63) is 29.3 Å². The van der Waals surface area contributed by atoms with Crippen LogP contribution in [0.25, 0.3) is 0 Å². The standard InChI is InChI=1S/C12H17ClN2S/c1-3-9(4-2)14-12(16)15-11-8-6-5-7-10(11)13/h5-9H,3-4H2,1-2H3,(H2,14,15,16). The smallest absolute Gasteiger partial charge is 0.171 e. The highest BCUT2D eigenvalue weighted by atomic mass is 35.5. The first-order chi connectivity index (χ1) is 7.67. The molecule has 1 aromatic rings. The van der Waals surface area contributed by atoms with Crippen LogP contribution in [-0.2, 0) is 0 Å². The SMILES string of the molecule is CCC(CC)NC(=S)Nc1ccccc1Cl. The normalized spacial score (nSPS) is 10.2. The predicted octanol–water partition coefficient (Wildman–Crippen LogP) is 3.82. The summed E-state index contributed by atoms with van der Waals surface area (Å²) in [5.74, 6) is 0. The minimum absolute atomic E-state index is 0.419. The van der Waals surface area contributed by atoms with E-state index in [9.17, 15) is 0 Å². The molecule has 0 heterocycles. The van der Waals surface area contributed by atoms with E-state index in [1.807, 2.05) is 24.3 Å². The van der Waals surface area contributed by atoms with Gasteiger partial charge in [-0.1, -0.05) is 37.6 Å². The second-order valence-electron chi connectivity index (χ2n) is 3.59. The molecule has 0 aromatic heterocycles. The molecular weight excluding hydrogens is 240 g/mol. The van der Waals surface area contributed by atoms with Gasteiger partial charge in [0.1, 0.15) is 0 Å². The van der Waals surface area contributed by atoms with Crippen LogP contribution in [0.4, 0.5) is 5.69 Å². The molecule has 2 nitrogen and oxygen atoms in total. The fraction of sp³-hybridized carbons (Fsp3) is 0.417. The fourth-order valence-electron chi connectivity index (χ4n) is 1.40. The molecule has 1 rings (SSSR count). The Bertz CT molecular complexity index is 351. The summed E-state index contributed by atoms with van der Waals surface area (Å²) in [4.78, 5) is 0. The molecule has 16 heavy (non-hydrogen) atoms. The van der Waals surface area contributed by atoms with Gasteiger partial charge in [-0.2, -0.15) is 0 Å². The molecule has 0 amide bonds. The summed E-state index contributed by atoms with van der Waals surface area (Å²) < 4.78 is 0. The quantitative estimate of drug-likeness (QED) is 0.801. The predicted molar refractivity (Wildman–Crippen MR) is 75.2 cm³/mol. The number of rotatable bonds is 4. The Hall–Kier alpha value is -0.800. The Morgan fingerprint density at radius 3 is 2.50 bits per heavy atom. The summed E-state index contributed by atoms with van der Waals surface area (Å²) in [5, 5.41) is 7.66. The van der Waals surface area contributed by atoms with E-state index in [1.54, 1.807) is 0 Å². The third-order valence-corrected chi connectivity index (χ3v) is 2.99. The molecule has 0 atom stereocenters. The first-order valence-electron chi connectivity index (χ1n) is 5.49. The summed E-state index contributed by atoms with van der Waals surface area (Å²) in [7, 11) is 0. The van der Waals surface area contributed by atoms with Crippen LogP contribution in [0, 0.1) is 0 Å². The molecule has 0 saturated carbocycles. The van der Waals surface area contributed by atoms with Gasteiger partial charge >= 0.3 is 0 Å². The first-order valence-corrected chi connectivity index (χ1v) is 6.28. The van der Waals surface area contributed by atoms with Crippen molar-refractivity contribution in [2.45, 2.75) is 32.7 Å². The summed E-state index contributed by atoms with van der Waals surface area (Å²) >= 11 is 11.2. The molecule has 0 bridgehead atoms. The topological polar surface area (TPSA) is 24.1 Å². The van der Waals surface area contributed by atoms with Gasteiger partial charge < -0.3 is 10.6 Å². The third kappa shape index (κ3) is 3.99. The van der Waals surface area contributed by atoms with Crippen LogP contribution >= 0.6 is 23.8 Å². The van der Waals surface area contributed by atoms with Gasteiger partial charge in [-0.15, -0.1) is 0 Å². The van der Waals surface area contributed by atoms with E-state index in [0.29, 0.717) is 16.2 Å². The maximum Gasteiger partial charge on any atom is 0.171 e. The minimum Gasteiger partial charge on any atom is -0.360 e. The molecule has 0 aliphatic rings. The average Bonchev–Trinajstić information content (AvgIpc) is 2.29. The van der Waals surface area contributed by atoms with Crippen molar-refractivity contribution in [2.24, 2.45) is 0 Å². The van der Waals surface area contributed by atoms with Gasteiger partial charge in [-0.3, -0.25) is 0 Å². The Balaban J connectivity index is 2.55. The van der Waals surface area contributed by atoms with Crippen LogP contribution in [0.3, 0.4) is 0 Å². The highest BCUT2D eigenvalue weighted by molar-refractivity contribution is 7.80. The number of anilines is 1. The number of para-hydroxylation sites is 1. The summed E-state index contributed by atoms with van der Waals surface area (Å²) in [5.41, 5.74) is 0.840. The highest BCUT2D eigenvalue weighted by Crippen LogP contribution is 2.20. The minimum atomic E-state index is 0.419. The van der Waals surface area contributed by atoms with E-state index in [-0.39, 0.29) is 0 Å². The molecule has 0 saturated heterocycles. The van der Waals surface area contributed by atoms with Gasteiger partial charge in [-0.25, -0.2) is 0 Å². The van der Waals surface area contributed by atoms with E-state index in [2.05, 4.69) is 24.5 Å². The van der Waals surface area contributed by atoms with E-state index in [0.717, 1.165) is 18.5 Å². The zero-order valence-electron chi connectivity index (χ0n) is 9.59. The molecule has 4 heteroatoms. The molecule has 0 unspecified atom stereocenters. The molecule has 88 valence electrons. The lowest BCUT2D eigenvalue weighted by Crippen LogP contribution is -2.36. The summed E-state index contributed by atoms with van der Waals surface area (Å²) in [6, 6.07) is 7.98. The second kappa shape index (κ2) is 6.71. The molecule has 0 aliphatic heterocycles. The molecule has 0 spiro atoms. The molecule has 0 radical (unpaired) electrons. The van der Waals surface area contributed by atoms with Gasteiger partial charge in [0.2, 0.25) is 0 Å². The Labute approximate surface area is 107 Å². The summed E-state index contributed by atoms with van der Waals surface area (Å²) in [6.45, 7) is 4.28. The van der Waals surface area contributed by atoms with Crippen molar-refractivity contribution >= 4 is 34.6 Å². The van der Waals surface area contributed by atoms with Crippen molar-refractivity contribution in [3.63, 3.8) is 0 Å². The van der Waals surface area contributed by atoms with E-state index in [4.69, 9.17) is 23.8 Å². The van der Waals surface area contributed by atoms with Crippen LogP contribution in [-0.4, -0.2) is 11.2 Å². The number of hydrogen-bond acceptors (Lipinski definition) is 1. The molecule has 0 aliphatic carbocycles. The molecule has 1 aromatic carbocycles. The largest absolute Gasteiger partial charge is 0.360 e. The van der Waals surface area contributed by atoms with Crippen LogP contribution in [0.5, 0.6) is 0 Å². The van der Waals surface area contributed by atoms with Crippen molar-refractivity contribution in [3.8, 4) is 0 Å². The zero-order valence-corrected chi connectivity index (χ0v) is 11.2. The monoisotopic (exact) mass is 256 g/mol. The molecular formula is C12H17ClN2S. The summed E-state index contributed by atoms with van der Waals surface area (Å²) in [6.07, 6.45) is 2.11. The lowest BCUT2D eigenvalue weighted by molar-refractivity contribution is 0.573. The second-order valence-corrected chi connectivity index (χ2v) is 4.41. The van der Waals surface area contributed by atoms with Gasteiger partial charge in [0, 0.05) is 6.04 Å². The average molecular weight is 257 g/mol. The first kappa shape index (κ1) is 13.3. The van der Waals surface area contributed by atoms with Gasteiger partial charge in [0.15, 0.2) is 5.11 Å². The molecule has 0 fully saturated rings. The number of nitrogens with one attached hydrogen (secondary N) is 2. The van der Waals surface area contributed by atoms with Gasteiger partial charge in [-0.05, 0) is 37.2 Å². The number of thiocarbonyl (C=S) groups is 1. The Kier molecular flexibility index (Phi) is 5.56. The highest BCUT2D eigenvalue weighted by Gasteiger charge is 2.06. The van der Waals surface area contributed by atoms with E-state index < -0.39 is 0 Å². The number of benzene rings is 1. The van der Waals surface area contributed by atoms with Crippen LogP contribution < -0.4 is 10.6 Å². The number of hydrogen-bond donors (Lipinski definition) is 2. The lowest BCUT2D eigenvalue weighted by atomic mass is 10.2. The number of halogens is 1. The maximum atomic E-state index is 6.02. The van der Waals surface area contributed by atoms with Gasteiger partial charge in [0.25, 0.3) is 0 Å². The fourth-order valence-corrected chi connectivity index (χ4v) is 1.86.